The standard InChI is InChI=1S/C27H26N2O5/c1-5-34-20-10-8-19(9-11-20)29-24(18-7-6-12-28-15-18)23(26(31)27(29)32)25(30)21-13-17(3)22(33-4)14-16(21)2/h6-15,24,30H,5H2,1-4H3/b25-23+. The summed E-state index contributed by atoms with van der Waals surface area (Å²) in [5.74, 6) is -0.378. The molecule has 0 spiro atoms. The molecule has 0 aliphatic carbocycles. The van der Waals surface area contributed by atoms with Gasteiger partial charge in [-0.25, -0.2) is 0 Å². The van der Waals surface area contributed by atoms with Crippen LogP contribution in [-0.2, 0) is 9.59 Å². The van der Waals surface area contributed by atoms with Crippen molar-refractivity contribution in [3.05, 3.63) is 88.8 Å². The molecule has 1 saturated heterocycles. The molecule has 1 N–H and O–H groups in total. The number of pyridine rings is 1. The van der Waals surface area contributed by atoms with Crippen molar-refractivity contribution in [3.8, 4) is 11.5 Å². The summed E-state index contributed by atoms with van der Waals surface area (Å²) in [5, 5.41) is 11.4. The number of Topliss-reactive ketones (excluding diaryl/α,β-unsaturated/α-hetero) is 1. The minimum absolute atomic E-state index is 0.0135. The monoisotopic (exact) mass is 458 g/mol. The topological polar surface area (TPSA) is 89.0 Å². The highest BCUT2D eigenvalue weighted by molar-refractivity contribution is 6.51. The summed E-state index contributed by atoms with van der Waals surface area (Å²) in [7, 11) is 1.58. The largest absolute Gasteiger partial charge is 0.507 e. The molecule has 0 saturated carbocycles. The predicted octanol–water partition coefficient (Wildman–Crippen LogP) is 4.73. The van der Waals surface area contributed by atoms with Crippen LogP contribution in [0.25, 0.3) is 5.76 Å². The molecule has 0 radical (unpaired) electrons. The number of hydrogen-bond acceptors (Lipinski definition) is 6. The van der Waals surface area contributed by atoms with Gasteiger partial charge >= 0.3 is 0 Å². The lowest BCUT2D eigenvalue weighted by atomic mass is 9.93. The number of aryl methyl sites for hydroxylation is 2. The zero-order valence-corrected chi connectivity index (χ0v) is 19.5. The van der Waals surface area contributed by atoms with Crippen molar-refractivity contribution in [2.24, 2.45) is 0 Å². The highest BCUT2D eigenvalue weighted by atomic mass is 16.5. The number of ether oxygens (including phenoxy) is 2. The molecule has 3 aromatic rings. The van der Waals surface area contributed by atoms with E-state index in [1.54, 1.807) is 68.0 Å². The number of benzene rings is 2. The van der Waals surface area contributed by atoms with E-state index >= 15 is 0 Å². The van der Waals surface area contributed by atoms with Gasteiger partial charge in [-0.15, -0.1) is 0 Å². The van der Waals surface area contributed by atoms with Gasteiger partial charge in [-0.1, -0.05) is 6.07 Å². The highest BCUT2D eigenvalue weighted by Gasteiger charge is 2.47. The van der Waals surface area contributed by atoms with Crippen LogP contribution >= 0.6 is 0 Å². The fourth-order valence-corrected chi connectivity index (χ4v) is 4.23. The maximum absolute atomic E-state index is 13.3. The number of amides is 1. The van der Waals surface area contributed by atoms with Crippen LogP contribution < -0.4 is 14.4 Å². The Balaban J connectivity index is 1.91. The molecule has 1 unspecified atom stereocenters. The molecule has 1 aliphatic rings. The van der Waals surface area contributed by atoms with E-state index in [9.17, 15) is 14.7 Å². The van der Waals surface area contributed by atoms with Crippen LogP contribution in [0.5, 0.6) is 11.5 Å². The Morgan fingerprint density at radius 3 is 2.44 bits per heavy atom. The quantitative estimate of drug-likeness (QED) is 0.326. The number of anilines is 1. The summed E-state index contributed by atoms with van der Waals surface area (Å²) in [6, 6.07) is 13.2. The molecule has 1 amide bonds. The van der Waals surface area contributed by atoms with E-state index in [0.717, 1.165) is 11.1 Å². The molecule has 34 heavy (non-hydrogen) atoms. The lowest BCUT2D eigenvalue weighted by molar-refractivity contribution is -0.132. The zero-order chi connectivity index (χ0) is 24.4. The fraction of sp³-hybridized carbons (Fsp3) is 0.222. The Bertz CT molecular complexity index is 1270. The lowest BCUT2D eigenvalue weighted by Gasteiger charge is -2.25. The molecule has 1 aliphatic heterocycles. The normalized spacial score (nSPS) is 17.2. The summed E-state index contributed by atoms with van der Waals surface area (Å²) in [6.45, 7) is 6.07. The van der Waals surface area contributed by atoms with Crippen LogP contribution in [0.3, 0.4) is 0 Å². The van der Waals surface area contributed by atoms with Crippen molar-refractivity contribution >= 4 is 23.1 Å². The number of rotatable bonds is 6. The maximum Gasteiger partial charge on any atom is 0.300 e. The van der Waals surface area contributed by atoms with Crippen molar-refractivity contribution in [2.45, 2.75) is 26.8 Å². The Hall–Kier alpha value is -4.13. The maximum atomic E-state index is 13.3. The lowest BCUT2D eigenvalue weighted by Crippen LogP contribution is -2.29. The van der Waals surface area contributed by atoms with Crippen molar-refractivity contribution in [3.63, 3.8) is 0 Å². The zero-order valence-electron chi connectivity index (χ0n) is 19.5. The number of aromatic nitrogens is 1. The number of hydrogen-bond donors (Lipinski definition) is 1. The van der Waals surface area contributed by atoms with Gasteiger partial charge in [0, 0.05) is 23.6 Å². The molecule has 2 heterocycles. The second-order valence-corrected chi connectivity index (χ2v) is 8.02. The van der Waals surface area contributed by atoms with Gasteiger partial charge in [-0.3, -0.25) is 19.5 Å². The van der Waals surface area contributed by atoms with E-state index in [-0.39, 0.29) is 11.3 Å². The molecule has 2 aromatic carbocycles. The first kappa shape index (κ1) is 23.0. The van der Waals surface area contributed by atoms with Crippen LogP contribution in [0.1, 0.15) is 35.2 Å². The van der Waals surface area contributed by atoms with Gasteiger partial charge in [0.05, 0.1) is 25.3 Å². The number of methoxy groups -OCH3 is 1. The van der Waals surface area contributed by atoms with Crippen molar-refractivity contribution in [1.29, 1.82) is 0 Å². The molecule has 1 fully saturated rings. The third kappa shape index (κ3) is 4.01. The van der Waals surface area contributed by atoms with Gasteiger partial charge in [0.15, 0.2) is 0 Å². The molecular weight excluding hydrogens is 432 g/mol. The Morgan fingerprint density at radius 1 is 1.09 bits per heavy atom. The van der Waals surface area contributed by atoms with E-state index in [4.69, 9.17) is 9.47 Å². The first-order chi connectivity index (χ1) is 16.4. The average molecular weight is 459 g/mol. The third-order valence-corrected chi connectivity index (χ3v) is 5.87. The number of aliphatic hydroxyl groups excluding tert-OH is 1. The molecule has 7 heteroatoms. The first-order valence-electron chi connectivity index (χ1n) is 11.0. The number of nitrogens with zero attached hydrogens (tertiary/aromatic N) is 2. The van der Waals surface area contributed by atoms with Crippen LogP contribution in [-0.4, -0.2) is 35.5 Å². The summed E-state index contributed by atoms with van der Waals surface area (Å²) in [5.41, 5.74) is 3.13. The summed E-state index contributed by atoms with van der Waals surface area (Å²) in [4.78, 5) is 32.1. The van der Waals surface area contributed by atoms with Gasteiger partial charge in [-0.2, -0.15) is 0 Å². The van der Waals surface area contributed by atoms with Crippen molar-refractivity contribution in [2.75, 3.05) is 18.6 Å². The van der Waals surface area contributed by atoms with E-state index in [2.05, 4.69) is 4.98 Å². The van der Waals surface area contributed by atoms with E-state index in [1.165, 1.54) is 4.90 Å². The number of aliphatic hydroxyl groups is 1. The molecule has 4 rings (SSSR count). The smallest absolute Gasteiger partial charge is 0.300 e. The molecule has 1 atom stereocenters. The second-order valence-electron chi connectivity index (χ2n) is 8.02. The second kappa shape index (κ2) is 9.39. The van der Waals surface area contributed by atoms with Crippen LogP contribution in [0.15, 0.2) is 66.5 Å². The van der Waals surface area contributed by atoms with Crippen LogP contribution in [0.2, 0.25) is 0 Å². The summed E-state index contributed by atoms with van der Waals surface area (Å²) < 4.78 is 10.9. The predicted molar refractivity (Wildman–Crippen MR) is 129 cm³/mol. The van der Waals surface area contributed by atoms with Crippen LogP contribution in [0.4, 0.5) is 5.69 Å². The fourth-order valence-electron chi connectivity index (χ4n) is 4.23. The summed E-state index contributed by atoms with van der Waals surface area (Å²) >= 11 is 0. The van der Waals surface area contributed by atoms with E-state index in [0.29, 0.717) is 34.9 Å². The van der Waals surface area contributed by atoms with Gasteiger partial charge in [0.25, 0.3) is 11.7 Å². The molecule has 7 nitrogen and oxygen atoms in total. The Kier molecular flexibility index (Phi) is 6.36. The molecule has 1 aromatic heterocycles. The highest BCUT2D eigenvalue weighted by Crippen LogP contribution is 2.43. The van der Waals surface area contributed by atoms with Crippen LogP contribution in [0, 0.1) is 13.8 Å². The van der Waals surface area contributed by atoms with Crippen molar-refractivity contribution in [1.82, 2.24) is 4.98 Å². The SMILES string of the molecule is CCOc1ccc(N2C(=O)C(=O)/C(=C(/O)c3cc(C)c(OC)cc3C)C2c2cccnc2)cc1. The van der Waals surface area contributed by atoms with E-state index in [1.807, 2.05) is 20.8 Å². The number of ketones is 1. The summed E-state index contributed by atoms with van der Waals surface area (Å²) in [6.07, 6.45) is 3.21. The van der Waals surface area contributed by atoms with Crippen molar-refractivity contribution < 1.29 is 24.2 Å². The average Bonchev–Trinajstić information content (AvgIpc) is 3.11. The third-order valence-electron chi connectivity index (χ3n) is 5.87. The molecule has 0 bridgehead atoms. The minimum atomic E-state index is -0.839. The van der Waals surface area contributed by atoms with Gasteiger partial charge in [0.1, 0.15) is 17.3 Å². The van der Waals surface area contributed by atoms with Gasteiger partial charge in [-0.05, 0) is 79.9 Å². The first-order valence-corrected chi connectivity index (χ1v) is 11.0. The van der Waals surface area contributed by atoms with E-state index < -0.39 is 17.7 Å². The number of carbonyl (C=O) groups excluding carboxylic acids is 2. The van der Waals surface area contributed by atoms with Gasteiger partial charge in [0.2, 0.25) is 0 Å². The Labute approximate surface area is 198 Å². The Morgan fingerprint density at radius 2 is 1.82 bits per heavy atom. The molecular formula is C27H26N2O5. The minimum Gasteiger partial charge on any atom is -0.507 e. The molecule has 174 valence electrons. The van der Waals surface area contributed by atoms with Gasteiger partial charge < -0.3 is 14.6 Å². The number of carbonyl (C=O) groups is 2.